The van der Waals surface area contributed by atoms with Gasteiger partial charge < -0.3 is 15.2 Å². The highest BCUT2D eigenvalue weighted by atomic mass is 32.2. The Morgan fingerprint density at radius 3 is 2.42 bits per heavy atom. The number of rotatable bonds is 5. The van der Waals surface area contributed by atoms with E-state index in [-0.39, 0.29) is 4.90 Å². The minimum atomic E-state index is -3.90. The molecule has 1 aromatic rings. The second-order valence-corrected chi connectivity index (χ2v) is 6.29. The van der Waals surface area contributed by atoms with Crippen LogP contribution in [0.15, 0.2) is 23.2 Å². The van der Waals surface area contributed by atoms with Crippen molar-refractivity contribution >= 4 is 15.8 Å². The summed E-state index contributed by atoms with van der Waals surface area (Å²) in [5, 5.41) is 19.9. The molecule has 0 aliphatic heterocycles. The molecule has 0 fully saturated rings. The molecule has 1 atom stereocenters. The molecule has 0 aliphatic rings. The number of aliphatic hydroxyl groups is 1. The molecule has 0 radical (unpaired) electrons. The Morgan fingerprint density at radius 1 is 1.47 bits per heavy atom. The molecule has 1 heterocycles. The Bertz CT molecular complexity index is 565. The standard InChI is InChI=1S/C10H15N3O5S/c1-7(14)10(2,3)12-19(17,18)8-4-5-9(11-6-8)13(15)16/h4-7,12,14H,1-3H3. The zero-order valence-electron chi connectivity index (χ0n) is 10.7. The van der Waals surface area contributed by atoms with Gasteiger partial charge in [0.15, 0.2) is 6.20 Å². The summed E-state index contributed by atoms with van der Waals surface area (Å²) < 4.78 is 26.3. The summed E-state index contributed by atoms with van der Waals surface area (Å²) in [5.41, 5.74) is -1.07. The third-order valence-corrected chi connectivity index (χ3v) is 4.32. The van der Waals surface area contributed by atoms with Crippen molar-refractivity contribution in [3.63, 3.8) is 0 Å². The van der Waals surface area contributed by atoms with Gasteiger partial charge in [0.05, 0.1) is 11.6 Å². The molecule has 0 spiro atoms. The Balaban J connectivity index is 3.04. The van der Waals surface area contributed by atoms with Crippen molar-refractivity contribution in [3.8, 4) is 0 Å². The highest BCUT2D eigenvalue weighted by Crippen LogP contribution is 2.17. The first kappa shape index (κ1) is 15.5. The molecule has 1 unspecified atom stereocenters. The Kier molecular flexibility index (Phi) is 4.23. The van der Waals surface area contributed by atoms with E-state index in [1.807, 2.05) is 0 Å². The van der Waals surface area contributed by atoms with Crippen molar-refractivity contribution < 1.29 is 18.4 Å². The van der Waals surface area contributed by atoms with Crippen LogP contribution in [-0.4, -0.2) is 35.1 Å². The molecular weight excluding hydrogens is 274 g/mol. The Morgan fingerprint density at radius 2 is 2.05 bits per heavy atom. The highest BCUT2D eigenvalue weighted by Gasteiger charge is 2.31. The molecule has 0 bridgehead atoms. The van der Waals surface area contributed by atoms with Crippen LogP contribution in [0.3, 0.4) is 0 Å². The molecular formula is C10H15N3O5S. The molecule has 0 amide bonds. The zero-order valence-corrected chi connectivity index (χ0v) is 11.5. The van der Waals surface area contributed by atoms with Gasteiger partial charge in [-0.15, -0.1) is 0 Å². The number of sulfonamides is 1. The maximum Gasteiger partial charge on any atom is 0.363 e. The molecule has 106 valence electrons. The molecule has 9 heteroatoms. The van der Waals surface area contributed by atoms with Crippen LogP contribution in [0.2, 0.25) is 0 Å². The fraction of sp³-hybridized carbons (Fsp3) is 0.500. The van der Waals surface area contributed by atoms with E-state index in [1.54, 1.807) is 0 Å². The van der Waals surface area contributed by atoms with Crippen molar-refractivity contribution in [2.75, 3.05) is 0 Å². The Hall–Kier alpha value is -1.58. The van der Waals surface area contributed by atoms with Gasteiger partial charge in [0.25, 0.3) is 0 Å². The summed E-state index contributed by atoms with van der Waals surface area (Å²) in [6, 6.07) is 2.09. The lowest BCUT2D eigenvalue weighted by molar-refractivity contribution is -0.389. The van der Waals surface area contributed by atoms with E-state index in [4.69, 9.17) is 0 Å². The van der Waals surface area contributed by atoms with Gasteiger partial charge in [0, 0.05) is 6.07 Å². The zero-order chi connectivity index (χ0) is 14.8. The molecule has 8 nitrogen and oxygen atoms in total. The number of aliphatic hydroxyl groups excluding tert-OH is 1. The van der Waals surface area contributed by atoms with Gasteiger partial charge in [-0.1, -0.05) is 0 Å². The van der Waals surface area contributed by atoms with Gasteiger partial charge in [0.2, 0.25) is 10.0 Å². The first-order valence-electron chi connectivity index (χ1n) is 5.39. The van der Waals surface area contributed by atoms with Crippen molar-refractivity contribution in [3.05, 3.63) is 28.4 Å². The number of nitro groups is 1. The van der Waals surface area contributed by atoms with Gasteiger partial charge in [-0.3, -0.25) is 0 Å². The van der Waals surface area contributed by atoms with Gasteiger partial charge >= 0.3 is 5.82 Å². The topological polar surface area (TPSA) is 122 Å². The lowest BCUT2D eigenvalue weighted by Gasteiger charge is -2.28. The second-order valence-electron chi connectivity index (χ2n) is 4.61. The predicted octanol–water partition coefficient (Wildman–Crippen LogP) is 0.427. The fourth-order valence-electron chi connectivity index (χ4n) is 1.13. The average Bonchev–Trinajstić information content (AvgIpc) is 2.27. The van der Waals surface area contributed by atoms with Crippen molar-refractivity contribution in [2.45, 2.75) is 37.3 Å². The molecule has 0 aromatic carbocycles. The number of hydrogen-bond donors (Lipinski definition) is 2. The van der Waals surface area contributed by atoms with Crippen molar-refractivity contribution in [2.24, 2.45) is 0 Å². The van der Waals surface area contributed by atoms with E-state index in [0.717, 1.165) is 18.3 Å². The summed E-state index contributed by atoms with van der Waals surface area (Å²) in [4.78, 5) is 12.9. The lowest BCUT2D eigenvalue weighted by atomic mass is 10.0. The maximum atomic E-state index is 12.0. The quantitative estimate of drug-likeness (QED) is 0.598. The third-order valence-electron chi connectivity index (χ3n) is 2.66. The highest BCUT2D eigenvalue weighted by molar-refractivity contribution is 7.89. The van der Waals surface area contributed by atoms with E-state index in [9.17, 15) is 23.6 Å². The van der Waals surface area contributed by atoms with Gasteiger partial charge in [-0.05, 0) is 36.7 Å². The summed E-state index contributed by atoms with van der Waals surface area (Å²) >= 11 is 0. The summed E-state index contributed by atoms with van der Waals surface area (Å²) in [6.07, 6.45) is -0.00762. The summed E-state index contributed by atoms with van der Waals surface area (Å²) in [6.45, 7) is 4.50. The summed E-state index contributed by atoms with van der Waals surface area (Å²) in [7, 11) is -3.90. The van der Waals surface area contributed by atoms with Crippen LogP contribution in [0.4, 0.5) is 5.82 Å². The maximum absolute atomic E-state index is 12.0. The van der Waals surface area contributed by atoms with Crippen LogP contribution in [0.25, 0.3) is 0 Å². The van der Waals surface area contributed by atoms with E-state index < -0.39 is 32.4 Å². The summed E-state index contributed by atoms with van der Waals surface area (Å²) in [5.74, 6) is -0.436. The SMILES string of the molecule is CC(O)C(C)(C)NS(=O)(=O)c1ccc([N+](=O)[O-])nc1. The lowest BCUT2D eigenvalue weighted by Crippen LogP contribution is -2.50. The predicted molar refractivity (Wildman–Crippen MR) is 67.0 cm³/mol. The molecule has 19 heavy (non-hydrogen) atoms. The van der Waals surface area contributed by atoms with E-state index >= 15 is 0 Å². The molecule has 0 saturated heterocycles. The van der Waals surface area contributed by atoms with Crippen molar-refractivity contribution in [1.29, 1.82) is 0 Å². The largest absolute Gasteiger partial charge is 0.391 e. The van der Waals surface area contributed by atoms with Crippen LogP contribution in [0.1, 0.15) is 20.8 Å². The van der Waals surface area contributed by atoms with E-state index in [1.165, 1.54) is 20.8 Å². The molecule has 0 aliphatic carbocycles. The third kappa shape index (κ3) is 3.69. The van der Waals surface area contributed by atoms with Crippen LogP contribution < -0.4 is 4.72 Å². The van der Waals surface area contributed by atoms with Gasteiger partial charge in [0.1, 0.15) is 4.90 Å². The van der Waals surface area contributed by atoms with Crippen LogP contribution in [-0.2, 0) is 10.0 Å². The molecule has 1 rings (SSSR count). The number of aromatic nitrogens is 1. The fourth-order valence-corrected chi connectivity index (χ4v) is 2.55. The van der Waals surface area contributed by atoms with Crippen LogP contribution >= 0.6 is 0 Å². The number of nitrogens with zero attached hydrogens (tertiary/aromatic N) is 2. The van der Waals surface area contributed by atoms with Gasteiger partial charge in [-0.25, -0.2) is 13.1 Å². The monoisotopic (exact) mass is 289 g/mol. The van der Waals surface area contributed by atoms with Crippen LogP contribution in [0, 0.1) is 10.1 Å². The molecule has 1 aromatic heterocycles. The second kappa shape index (κ2) is 5.19. The molecule has 2 N–H and O–H groups in total. The van der Waals surface area contributed by atoms with Gasteiger partial charge in [-0.2, -0.15) is 0 Å². The van der Waals surface area contributed by atoms with E-state index in [0.29, 0.717) is 0 Å². The number of hydrogen-bond acceptors (Lipinski definition) is 6. The first-order chi connectivity index (χ1) is 8.56. The molecule has 0 saturated carbocycles. The number of pyridine rings is 1. The first-order valence-corrected chi connectivity index (χ1v) is 6.87. The Labute approximate surface area is 110 Å². The number of nitrogens with one attached hydrogen (secondary N) is 1. The minimum absolute atomic E-state index is 0.202. The normalized spacial score (nSPS) is 14.1. The smallest absolute Gasteiger partial charge is 0.363 e. The van der Waals surface area contributed by atoms with E-state index in [2.05, 4.69) is 9.71 Å². The average molecular weight is 289 g/mol. The van der Waals surface area contributed by atoms with Crippen molar-refractivity contribution in [1.82, 2.24) is 9.71 Å². The van der Waals surface area contributed by atoms with Crippen LogP contribution in [0.5, 0.6) is 0 Å². The minimum Gasteiger partial charge on any atom is -0.391 e.